The Hall–Kier alpha value is -6.16. The summed E-state index contributed by atoms with van der Waals surface area (Å²) in [5.41, 5.74) is 0.634. The highest BCUT2D eigenvalue weighted by molar-refractivity contribution is 7.92. The summed E-state index contributed by atoms with van der Waals surface area (Å²) < 4.78 is 144. The SMILES string of the molecule is Cn1nc(CS(C)(=O)=O)c2cccc(-c3nc(-c4cccc5c(NS(C)(=O)=O)nn(C)c45)cnc3[C@@H](CC(=O)Cn3nc(C(F)F)c4c3C(F)(F)[C@@H]3C[C@H]43)Cc3cc(F)cc(F)c3)c21. The molecule has 334 valence electrons. The van der Waals surface area contributed by atoms with Crippen LogP contribution >= 0.6 is 0 Å². The normalized spacial score (nSPS) is 17.3. The number of carbonyl (C=O) groups is 1. The van der Waals surface area contributed by atoms with Gasteiger partial charge in [0.05, 0.1) is 52.0 Å². The number of carbonyl (C=O) groups excluding carboxylic acids is 1. The number of hydrogen-bond acceptors (Lipinski definition) is 10. The van der Waals surface area contributed by atoms with E-state index >= 15 is 8.78 Å². The molecular weight excluding hydrogens is 889 g/mol. The minimum Gasteiger partial charge on any atom is -0.298 e. The first-order valence-corrected chi connectivity index (χ1v) is 23.7. The van der Waals surface area contributed by atoms with Gasteiger partial charge in [0.2, 0.25) is 10.0 Å². The van der Waals surface area contributed by atoms with Crippen LogP contribution in [0.3, 0.4) is 0 Å². The number of halogens is 6. The smallest absolute Gasteiger partial charge is 0.293 e. The third kappa shape index (κ3) is 7.79. The van der Waals surface area contributed by atoms with E-state index in [9.17, 15) is 39.2 Å². The standard InChI is InChI=1S/C42H37F6N9O5S2/c1-55-37-26(32(51-55)19-63(3,59)60)8-5-9-27(37)35-34(49-17-31(50-35)25-7-6-10-28-38(25)56(2)53-41(28)54-64(4,61)62)21(11-20-12-22(43)15-23(44)13-20)14-24(58)18-57-39-33(36(52-57)40(45)46)29-16-30(29)42(39,47)48/h5-10,12-13,15,17,21,29-30,40H,11,14,16,18-19H2,1-4H3,(H,53,54)/t21-,29+,30-/m1/s1. The highest BCUT2D eigenvalue weighted by atomic mass is 32.2. The molecule has 7 aromatic rings. The van der Waals surface area contributed by atoms with Gasteiger partial charge in [-0.25, -0.2) is 39.4 Å². The summed E-state index contributed by atoms with van der Waals surface area (Å²) in [6.45, 7) is -0.822. The maximum atomic E-state index is 15.5. The Morgan fingerprint density at radius 2 is 1.55 bits per heavy atom. The molecule has 9 rings (SSSR count). The molecule has 0 aliphatic heterocycles. The monoisotopic (exact) mass is 925 g/mol. The predicted molar refractivity (Wildman–Crippen MR) is 223 cm³/mol. The molecule has 0 bridgehead atoms. The number of sulfonamides is 1. The molecular formula is C42H37F6N9O5S2. The second-order valence-corrected chi connectivity index (χ2v) is 20.4. The predicted octanol–water partition coefficient (Wildman–Crippen LogP) is 7.11. The molecule has 64 heavy (non-hydrogen) atoms. The average Bonchev–Trinajstić information content (AvgIpc) is 3.60. The van der Waals surface area contributed by atoms with E-state index in [0.717, 1.165) is 24.6 Å². The van der Waals surface area contributed by atoms with Crippen LogP contribution < -0.4 is 4.72 Å². The molecule has 22 heteroatoms. The van der Waals surface area contributed by atoms with Crippen LogP contribution in [-0.2, 0) is 63.4 Å². The van der Waals surface area contributed by atoms with E-state index in [1.165, 1.54) is 15.6 Å². The van der Waals surface area contributed by atoms with Crippen molar-refractivity contribution in [2.75, 3.05) is 17.2 Å². The number of aryl methyl sites for hydroxylation is 2. The van der Waals surface area contributed by atoms with Gasteiger partial charge in [0.25, 0.3) is 12.3 Å². The molecule has 1 N–H and O–H groups in total. The number of hydrogen-bond donors (Lipinski definition) is 1. The maximum Gasteiger partial charge on any atom is 0.293 e. The summed E-state index contributed by atoms with van der Waals surface area (Å²) in [6, 6.07) is 12.8. The van der Waals surface area contributed by atoms with Crippen molar-refractivity contribution < 1.29 is 48.0 Å². The first-order chi connectivity index (χ1) is 30.1. The third-order valence-corrected chi connectivity index (χ3v) is 12.9. The van der Waals surface area contributed by atoms with E-state index in [0.29, 0.717) is 43.7 Å². The first-order valence-electron chi connectivity index (χ1n) is 19.7. The summed E-state index contributed by atoms with van der Waals surface area (Å²) in [5, 5.41) is 13.5. The van der Waals surface area contributed by atoms with Gasteiger partial charge in [-0.1, -0.05) is 30.3 Å². The lowest BCUT2D eigenvalue weighted by Gasteiger charge is -2.21. The number of ketones is 1. The molecule has 2 aliphatic carbocycles. The van der Waals surface area contributed by atoms with E-state index in [1.54, 1.807) is 50.5 Å². The van der Waals surface area contributed by atoms with Gasteiger partial charge in [-0.3, -0.25) is 28.5 Å². The molecule has 3 aromatic carbocycles. The summed E-state index contributed by atoms with van der Waals surface area (Å²) in [7, 11) is -4.14. The van der Waals surface area contributed by atoms with Crippen LogP contribution in [0.2, 0.25) is 0 Å². The van der Waals surface area contributed by atoms with E-state index in [4.69, 9.17) is 9.97 Å². The van der Waals surface area contributed by atoms with Crippen molar-refractivity contribution in [3.63, 3.8) is 0 Å². The van der Waals surface area contributed by atoms with Crippen molar-refractivity contribution in [3.05, 3.63) is 106 Å². The topological polar surface area (TPSA) is 177 Å². The Bertz CT molecular complexity index is 3290. The number of nitrogens with one attached hydrogen (secondary N) is 1. The number of rotatable bonds is 14. The van der Waals surface area contributed by atoms with Gasteiger partial charge in [0.1, 0.15) is 29.6 Å². The first kappa shape index (κ1) is 43.1. The summed E-state index contributed by atoms with van der Waals surface area (Å²) in [4.78, 5) is 24.2. The highest BCUT2D eigenvalue weighted by Gasteiger charge is 2.67. The summed E-state index contributed by atoms with van der Waals surface area (Å²) in [6.07, 6.45) is -0.487. The largest absolute Gasteiger partial charge is 0.298 e. The Morgan fingerprint density at radius 1 is 0.891 bits per heavy atom. The zero-order valence-electron chi connectivity index (χ0n) is 34.3. The van der Waals surface area contributed by atoms with Crippen molar-refractivity contribution >= 4 is 53.3 Å². The summed E-state index contributed by atoms with van der Waals surface area (Å²) in [5.74, 6) is -9.49. The van der Waals surface area contributed by atoms with Gasteiger partial charge < -0.3 is 0 Å². The van der Waals surface area contributed by atoms with E-state index in [1.807, 2.05) is 0 Å². The van der Waals surface area contributed by atoms with Crippen LogP contribution in [-0.4, -0.2) is 74.4 Å². The van der Waals surface area contributed by atoms with Gasteiger partial charge >= 0.3 is 0 Å². The molecule has 4 heterocycles. The van der Waals surface area contributed by atoms with Crippen molar-refractivity contribution in [1.29, 1.82) is 0 Å². The van der Waals surface area contributed by atoms with Crippen molar-refractivity contribution in [2.45, 2.75) is 55.7 Å². The zero-order chi connectivity index (χ0) is 45.8. The van der Waals surface area contributed by atoms with Crippen molar-refractivity contribution in [3.8, 4) is 22.5 Å². The number of para-hydroxylation sites is 2. The average molecular weight is 926 g/mol. The number of aromatic nitrogens is 8. The number of sulfone groups is 1. The second kappa shape index (κ2) is 15.2. The lowest BCUT2D eigenvalue weighted by Crippen LogP contribution is -2.24. The van der Waals surface area contributed by atoms with Gasteiger partial charge in [-0.15, -0.1) is 0 Å². The molecule has 0 unspecified atom stereocenters. The third-order valence-electron chi connectivity index (χ3n) is 11.6. The Morgan fingerprint density at radius 3 is 2.22 bits per heavy atom. The van der Waals surface area contributed by atoms with Crippen LogP contribution in [0.5, 0.6) is 0 Å². The molecule has 0 spiro atoms. The number of nitrogens with zero attached hydrogens (tertiary/aromatic N) is 8. The van der Waals surface area contributed by atoms with Crippen LogP contribution in [0.4, 0.5) is 32.2 Å². The number of anilines is 1. The van der Waals surface area contributed by atoms with Gasteiger partial charge in [0, 0.05) is 72.1 Å². The minimum absolute atomic E-state index is 0.0238. The zero-order valence-corrected chi connectivity index (χ0v) is 36.0. The minimum atomic E-state index is -3.75. The van der Waals surface area contributed by atoms with Gasteiger partial charge in [0.15, 0.2) is 21.4 Å². The van der Waals surface area contributed by atoms with Crippen molar-refractivity contribution in [1.82, 2.24) is 39.3 Å². The van der Waals surface area contributed by atoms with E-state index in [-0.39, 0.29) is 52.6 Å². The fraction of sp³-hybridized carbons (Fsp3) is 0.333. The lowest BCUT2D eigenvalue weighted by molar-refractivity contribution is -0.120. The van der Waals surface area contributed by atoms with Crippen molar-refractivity contribution in [2.24, 2.45) is 20.0 Å². The molecule has 1 fully saturated rings. The summed E-state index contributed by atoms with van der Waals surface area (Å²) >= 11 is 0. The molecule has 2 aliphatic rings. The number of alkyl halides is 4. The van der Waals surface area contributed by atoms with Crippen LogP contribution in [0.25, 0.3) is 44.3 Å². The molecule has 0 saturated heterocycles. The quantitative estimate of drug-likeness (QED) is 0.111. The molecule has 4 aromatic heterocycles. The van der Waals surface area contributed by atoms with Gasteiger partial charge in [-0.05, 0) is 42.5 Å². The fourth-order valence-corrected chi connectivity index (χ4v) is 10.4. The van der Waals surface area contributed by atoms with E-state index < -0.39 is 97.5 Å². The lowest BCUT2D eigenvalue weighted by atomic mass is 9.88. The van der Waals surface area contributed by atoms with Crippen LogP contribution in [0.1, 0.15) is 65.0 Å². The second-order valence-electron chi connectivity index (χ2n) is 16.5. The van der Waals surface area contributed by atoms with Gasteiger partial charge in [-0.2, -0.15) is 24.1 Å². The number of benzene rings is 3. The highest BCUT2D eigenvalue weighted by Crippen LogP contribution is 2.68. The Kier molecular flexibility index (Phi) is 10.3. The molecule has 1 saturated carbocycles. The number of fused-ring (bicyclic) bond motifs is 5. The molecule has 14 nitrogen and oxygen atoms in total. The Balaban J connectivity index is 1.23. The molecule has 0 amide bonds. The molecule has 3 atom stereocenters. The number of Topliss-reactive ketones (excluding diaryl/α,β-unsaturated/α-hetero) is 1. The Labute approximate surface area is 361 Å². The fourth-order valence-electron chi connectivity index (χ4n) is 9.14. The van der Waals surface area contributed by atoms with Crippen LogP contribution in [0.15, 0.2) is 60.8 Å². The van der Waals surface area contributed by atoms with E-state index in [2.05, 4.69) is 20.0 Å². The molecule has 0 radical (unpaired) electrons. The van der Waals surface area contributed by atoms with Crippen LogP contribution in [0, 0.1) is 17.6 Å². The maximum absolute atomic E-state index is 15.5.